The number of carbonyl (C=O) groups excluding carboxylic acids is 1. The van der Waals surface area contributed by atoms with Gasteiger partial charge in [-0.3, -0.25) is 4.79 Å². The third-order valence-electron chi connectivity index (χ3n) is 2.78. The molecule has 0 aliphatic heterocycles. The summed E-state index contributed by atoms with van der Waals surface area (Å²) in [5.41, 5.74) is 0.516. The van der Waals surface area contributed by atoms with Gasteiger partial charge in [-0.05, 0) is 37.3 Å². The summed E-state index contributed by atoms with van der Waals surface area (Å²) in [4.78, 5) is 11.5. The molecule has 0 N–H and O–H groups in total. The van der Waals surface area contributed by atoms with Crippen LogP contribution in [-0.2, 0) is 0 Å². The van der Waals surface area contributed by atoms with Crippen LogP contribution in [0.25, 0.3) is 0 Å². The highest BCUT2D eigenvalue weighted by atomic mass is 19.1. The third kappa shape index (κ3) is 3.05. The molecule has 4 nitrogen and oxygen atoms in total. The molecule has 0 amide bonds. The van der Waals surface area contributed by atoms with Gasteiger partial charge < -0.3 is 4.74 Å². The van der Waals surface area contributed by atoms with Crippen LogP contribution in [-0.4, -0.2) is 5.78 Å². The summed E-state index contributed by atoms with van der Waals surface area (Å²) in [5.74, 6) is -0.630. The summed E-state index contributed by atoms with van der Waals surface area (Å²) in [6.07, 6.45) is 0. The summed E-state index contributed by atoms with van der Waals surface area (Å²) < 4.78 is 19.0. The second-order valence-corrected chi connectivity index (χ2v) is 4.23. The van der Waals surface area contributed by atoms with Gasteiger partial charge in [0.1, 0.15) is 23.4 Å². The maximum Gasteiger partial charge on any atom is 0.163 e. The molecule has 0 spiro atoms. The van der Waals surface area contributed by atoms with Crippen molar-refractivity contribution in [2.45, 2.75) is 6.92 Å². The van der Waals surface area contributed by atoms with Crippen LogP contribution in [0.4, 0.5) is 4.39 Å². The topological polar surface area (TPSA) is 73.9 Å². The molecule has 0 saturated carbocycles. The van der Waals surface area contributed by atoms with Crippen LogP contribution < -0.4 is 4.74 Å². The zero-order valence-electron chi connectivity index (χ0n) is 11.1. The summed E-state index contributed by atoms with van der Waals surface area (Å²) in [6.45, 7) is 1.37. The van der Waals surface area contributed by atoms with E-state index in [0.29, 0.717) is 11.1 Å². The van der Waals surface area contributed by atoms with E-state index in [1.807, 2.05) is 6.07 Å². The van der Waals surface area contributed by atoms with Crippen LogP contribution in [0.1, 0.15) is 28.4 Å². The second-order valence-electron chi connectivity index (χ2n) is 4.23. The van der Waals surface area contributed by atoms with Gasteiger partial charge in [-0.25, -0.2) is 4.39 Å². The maximum atomic E-state index is 13.5. The summed E-state index contributed by atoms with van der Waals surface area (Å²) in [7, 11) is 0. The Morgan fingerprint density at radius 3 is 2.48 bits per heavy atom. The number of nitriles is 2. The zero-order valence-corrected chi connectivity index (χ0v) is 11.1. The lowest BCUT2D eigenvalue weighted by Crippen LogP contribution is -1.98. The molecule has 2 aromatic carbocycles. The summed E-state index contributed by atoms with van der Waals surface area (Å²) in [5, 5.41) is 17.6. The highest BCUT2D eigenvalue weighted by Gasteiger charge is 2.12. The predicted octanol–water partition coefficient (Wildman–Crippen LogP) is 3.56. The van der Waals surface area contributed by atoms with E-state index in [1.54, 1.807) is 6.07 Å². The molecule has 0 atom stereocenters. The SMILES string of the molecule is CC(=O)c1ccc(C#N)cc1Oc1ccc(C#N)c(F)c1. The Labute approximate surface area is 120 Å². The maximum absolute atomic E-state index is 13.5. The Balaban J connectivity index is 2.43. The quantitative estimate of drug-likeness (QED) is 0.805. The highest BCUT2D eigenvalue weighted by Crippen LogP contribution is 2.28. The normalized spacial score (nSPS) is 9.52. The van der Waals surface area contributed by atoms with E-state index in [0.717, 1.165) is 6.07 Å². The molecule has 5 heteroatoms. The number of ether oxygens (including phenoxy) is 1. The first-order valence-electron chi connectivity index (χ1n) is 5.97. The molecule has 0 saturated heterocycles. The van der Waals surface area contributed by atoms with Gasteiger partial charge in [0.05, 0.1) is 22.8 Å². The first kappa shape index (κ1) is 14.2. The first-order valence-corrected chi connectivity index (χ1v) is 5.97. The number of ketones is 1. The third-order valence-corrected chi connectivity index (χ3v) is 2.78. The molecule has 2 rings (SSSR count). The molecule has 0 aromatic heterocycles. The van der Waals surface area contributed by atoms with Crippen molar-refractivity contribution in [3.05, 3.63) is 58.9 Å². The minimum atomic E-state index is -0.712. The molecular formula is C16H9FN2O2. The fourth-order valence-electron chi connectivity index (χ4n) is 1.74. The van der Waals surface area contributed by atoms with Crippen molar-refractivity contribution in [2.75, 3.05) is 0 Å². The van der Waals surface area contributed by atoms with Crippen LogP contribution >= 0.6 is 0 Å². The fourth-order valence-corrected chi connectivity index (χ4v) is 1.74. The molecule has 0 fully saturated rings. The van der Waals surface area contributed by atoms with E-state index >= 15 is 0 Å². The number of rotatable bonds is 3. The van der Waals surface area contributed by atoms with Crippen molar-refractivity contribution in [1.82, 2.24) is 0 Å². The van der Waals surface area contributed by atoms with Crippen molar-refractivity contribution < 1.29 is 13.9 Å². The molecular weight excluding hydrogens is 271 g/mol. The largest absolute Gasteiger partial charge is 0.456 e. The molecule has 0 radical (unpaired) electrons. The predicted molar refractivity (Wildman–Crippen MR) is 72.4 cm³/mol. The lowest BCUT2D eigenvalue weighted by molar-refractivity contribution is 0.101. The number of halogens is 1. The minimum absolute atomic E-state index is 0.0973. The van der Waals surface area contributed by atoms with Crippen molar-refractivity contribution in [2.24, 2.45) is 0 Å². The number of hydrogen-bond donors (Lipinski definition) is 0. The smallest absolute Gasteiger partial charge is 0.163 e. The summed E-state index contributed by atoms with van der Waals surface area (Å²) >= 11 is 0. The van der Waals surface area contributed by atoms with Gasteiger partial charge >= 0.3 is 0 Å². The molecule has 0 heterocycles. The zero-order chi connectivity index (χ0) is 15.4. The van der Waals surface area contributed by atoms with Crippen molar-refractivity contribution in [1.29, 1.82) is 10.5 Å². The van der Waals surface area contributed by atoms with Gasteiger partial charge in [0.15, 0.2) is 5.78 Å². The highest BCUT2D eigenvalue weighted by molar-refractivity contribution is 5.97. The standard InChI is InChI=1S/C16H9FN2O2/c1-10(20)14-5-2-11(8-18)6-16(14)21-13-4-3-12(9-19)15(17)7-13/h2-7H,1H3. The van der Waals surface area contributed by atoms with Gasteiger partial charge in [0, 0.05) is 6.07 Å². The molecule has 0 bridgehead atoms. The van der Waals surface area contributed by atoms with Crippen molar-refractivity contribution in [3.63, 3.8) is 0 Å². The van der Waals surface area contributed by atoms with E-state index in [2.05, 4.69) is 0 Å². The second kappa shape index (κ2) is 5.85. The number of hydrogen-bond acceptors (Lipinski definition) is 4. The first-order chi connectivity index (χ1) is 10.0. The molecule has 102 valence electrons. The van der Waals surface area contributed by atoms with E-state index in [-0.39, 0.29) is 22.8 Å². The minimum Gasteiger partial charge on any atom is -0.456 e. The molecule has 0 unspecified atom stereocenters. The Bertz CT molecular complexity index is 801. The van der Waals surface area contributed by atoms with E-state index < -0.39 is 5.82 Å². The van der Waals surface area contributed by atoms with E-state index in [4.69, 9.17) is 15.3 Å². The Morgan fingerprint density at radius 1 is 1.14 bits per heavy atom. The van der Waals surface area contributed by atoms with Crippen molar-refractivity contribution >= 4 is 5.78 Å². The Kier molecular flexibility index (Phi) is 3.97. The van der Waals surface area contributed by atoms with Gasteiger partial charge in [-0.1, -0.05) is 0 Å². The Hall–Kier alpha value is -3.18. The van der Waals surface area contributed by atoms with E-state index in [1.165, 1.54) is 37.3 Å². The number of carbonyl (C=O) groups is 1. The number of benzene rings is 2. The van der Waals surface area contributed by atoms with Crippen LogP contribution in [0, 0.1) is 28.5 Å². The van der Waals surface area contributed by atoms with E-state index in [9.17, 15) is 9.18 Å². The van der Waals surface area contributed by atoms with Crippen molar-refractivity contribution in [3.8, 4) is 23.6 Å². The molecule has 0 aliphatic carbocycles. The van der Waals surface area contributed by atoms with Crippen LogP contribution in [0.15, 0.2) is 36.4 Å². The average molecular weight is 280 g/mol. The van der Waals surface area contributed by atoms with Gasteiger partial charge in [-0.15, -0.1) is 0 Å². The van der Waals surface area contributed by atoms with Crippen LogP contribution in [0.3, 0.4) is 0 Å². The van der Waals surface area contributed by atoms with Gasteiger partial charge in [0.25, 0.3) is 0 Å². The molecule has 0 aliphatic rings. The average Bonchev–Trinajstić information content (AvgIpc) is 2.47. The van der Waals surface area contributed by atoms with Crippen LogP contribution in [0.5, 0.6) is 11.5 Å². The van der Waals surface area contributed by atoms with Gasteiger partial charge in [-0.2, -0.15) is 10.5 Å². The number of nitrogens with zero attached hydrogens (tertiary/aromatic N) is 2. The molecule has 2 aromatic rings. The number of Topliss-reactive ketones (excluding diaryl/α,β-unsaturated/α-hetero) is 1. The van der Waals surface area contributed by atoms with Crippen LogP contribution in [0.2, 0.25) is 0 Å². The summed E-state index contributed by atoms with van der Waals surface area (Å²) in [6, 6.07) is 11.8. The fraction of sp³-hybridized carbons (Fsp3) is 0.0625. The molecule has 21 heavy (non-hydrogen) atoms. The monoisotopic (exact) mass is 280 g/mol. The van der Waals surface area contributed by atoms with Gasteiger partial charge in [0.2, 0.25) is 0 Å². The lowest BCUT2D eigenvalue weighted by Gasteiger charge is -2.10. The lowest BCUT2D eigenvalue weighted by atomic mass is 10.1. The Morgan fingerprint density at radius 2 is 1.90 bits per heavy atom.